The van der Waals surface area contributed by atoms with E-state index >= 15 is 0 Å². The lowest BCUT2D eigenvalue weighted by molar-refractivity contribution is 0.0945. The first-order valence-corrected chi connectivity index (χ1v) is 8.31. The van der Waals surface area contributed by atoms with Gasteiger partial charge in [0.15, 0.2) is 0 Å². The number of ether oxygens (including phenoxy) is 1. The van der Waals surface area contributed by atoms with Crippen molar-refractivity contribution in [1.82, 2.24) is 10.3 Å². The third kappa shape index (κ3) is 3.94. The van der Waals surface area contributed by atoms with Crippen LogP contribution in [0.5, 0.6) is 5.75 Å². The predicted octanol–water partition coefficient (Wildman–Crippen LogP) is 2.03. The van der Waals surface area contributed by atoms with E-state index < -0.39 is 15.9 Å². The molecule has 0 unspecified atom stereocenters. The zero-order valence-corrected chi connectivity index (χ0v) is 13.2. The van der Waals surface area contributed by atoms with Gasteiger partial charge < -0.3 is 4.74 Å². The van der Waals surface area contributed by atoms with Crippen LogP contribution < -0.4 is 15.0 Å². The molecule has 1 heterocycles. The molecule has 21 heavy (non-hydrogen) atoms. The van der Waals surface area contributed by atoms with E-state index in [4.69, 9.17) is 16.3 Å². The van der Waals surface area contributed by atoms with Gasteiger partial charge in [-0.05, 0) is 36.4 Å². The summed E-state index contributed by atoms with van der Waals surface area (Å²) >= 11 is 6.57. The molecular formula is C12H11ClN2O4S2. The molecule has 2 N–H and O–H groups in total. The Kier molecular flexibility index (Phi) is 4.84. The van der Waals surface area contributed by atoms with Crippen molar-refractivity contribution in [2.24, 2.45) is 0 Å². The van der Waals surface area contributed by atoms with E-state index in [1.165, 1.54) is 31.4 Å². The average molecular weight is 347 g/mol. The first-order valence-electron chi connectivity index (χ1n) is 5.64. The number of sulfonamides is 1. The van der Waals surface area contributed by atoms with E-state index in [2.05, 4.69) is 5.43 Å². The Hall–Kier alpha value is -1.61. The maximum Gasteiger partial charge on any atom is 0.266 e. The van der Waals surface area contributed by atoms with E-state index in [0.29, 0.717) is 15.6 Å². The van der Waals surface area contributed by atoms with Gasteiger partial charge in [-0.25, -0.2) is 8.42 Å². The fourth-order valence-electron chi connectivity index (χ4n) is 1.42. The van der Waals surface area contributed by atoms with Crippen LogP contribution in [0.25, 0.3) is 0 Å². The number of thiophene rings is 1. The number of halogens is 1. The maximum atomic E-state index is 11.9. The van der Waals surface area contributed by atoms with Gasteiger partial charge in [-0.1, -0.05) is 11.6 Å². The minimum atomic E-state index is -3.83. The molecule has 0 aliphatic rings. The number of benzene rings is 1. The van der Waals surface area contributed by atoms with Crippen LogP contribution in [0.15, 0.2) is 40.6 Å². The number of hydrogen-bond donors (Lipinski definition) is 2. The van der Waals surface area contributed by atoms with Gasteiger partial charge in [-0.15, -0.1) is 16.2 Å². The number of hydrogen-bond acceptors (Lipinski definition) is 5. The molecule has 112 valence electrons. The van der Waals surface area contributed by atoms with Crippen molar-refractivity contribution < 1.29 is 17.9 Å². The van der Waals surface area contributed by atoms with Crippen LogP contribution in [0.4, 0.5) is 0 Å². The smallest absolute Gasteiger partial charge is 0.266 e. The summed E-state index contributed by atoms with van der Waals surface area (Å²) in [7, 11) is -2.32. The lowest BCUT2D eigenvalue weighted by Crippen LogP contribution is -2.41. The van der Waals surface area contributed by atoms with Crippen molar-refractivity contribution in [2.45, 2.75) is 4.21 Å². The van der Waals surface area contributed by atoms with Crippen LogP contribution in [-0.2, 0) is 10.0 Å². The molecule has 2 rings (SSSR count). The molecule has 0 saturated heterocycles. The third-order valence-electron chi connectivity index (χ3n) is 2.46. The minimum Gasteiger partial charge on any atom is -0.497 e. The highest BCUT2D eigenvalue weighted by Gasteiger charge is 2.17. The van der Waals surface area contributed by atoms with Crippen LogP contribution in [0.3, 0.4) is 0 Å². The fraction of sp³-hybridized carbons (Fsp3) is 0.0833. The molecule has 0 spiro atoms. The van der Waals surface area contributed by atoms with E-state index in [1.807, 2.05) is 4.83 Å². The Morgan fingerprint density at radius 3 is 2.38 bits per heavy atom. The first-order chi connectivity index (χ1) is 9.92. The summed E-state index contributed by atoms with van der Waals surface area (Å²) in [6.45, 7) is 0. The van der Waals surface area contributed by atoms with Crippen LogP contribution in [0.2, 0.25) is 4.34 Å². The van der Waals surface area contributed by atoms with Crippen molar-refractivity contribution in [1.29, 1.82) is 0 Å². The van der Waals surface area contributed by atoms with Crippen molar-refractivity contribution in [3.8, 4) is 5.75 Å². The topological polar surface area (TPSA) is 84.5 Å². The van der Waals surface area contributed by atoms with E-state index in [-0.39, 0.29) is 4.21 Å². The number of nitrogens with one attached hydrogen (secondary N) is 2. The van der Waals surface area contributed by atoms with Gasteiger partial charge >= 0.3 is 0 Å². The number of carbonyl (C=O) groups excluding carboxylic acids is 1. The molecule has 1 amide bonds. The second kappa shape index (κ2) is 6.44. The molecule has 6 nitrogen and oxygen atoms in total. The summed E-state index contributed by atoms with van der Waals surface area (Å²) in [5.41, 5.74) is 2.42. The Morgan fingerprint density at radius 1 is 1.19 bits per heavy atom. The SMILES string of the molecule is COc1ccc(C(=O)NNS(=O)(=O)c2ccc(Cl)s2)cc1. The van der Waals surface area contributed by atoms with Gasteiger partial charge in [0.2, 0.25) is 0 Å². The quantitative estimate of drug-likeness (QED) is 0.811. The fourth-order valence-corrected chi connectivity index (χ4v) is 3.74. The number of amides is 1. The van der Waals surface area contributed by atoms with Crippen LogP contribution in [0, 0.1) is 0 Å². The molecule has 0 aliphatic heterocycles. The number of rotatable bonds is 5. The van der Waals surface area contributed by atoms with Gasteiger partial charge in [0, 0.05) is 5.56 Å². The molecule has 0 fully saturated rings. The molecular weight excluding hydrogens is 336 g/mol. The highest BCUT2D eigenvalue weighted by molar-refractivity contribution is 7.91. The van der Waals surface area contributed by atoms with Crippen molar-refractivity contribution in [3.63, 3.8) is 0 Å². The Bertz CT molecular complexity index is 741. The second-order valence-corrected chi connectivity index (χ2v) is 7.47. The highest BCUT2D eigenvalue weighted by Crippen LogP contribution is 2.24. The van der Waals surface area contributed by atoms with Gasteiger partial charge in [-0.3, -0.25) is 10.2 Å². The zero-order valence-electron chi connectivity index (χ0n) is 10.8. The largest absolute Gasteiger partial charge is 0.497 e. The summed E-state index contributed by atoms with van der Waals surface area (Å²) in [6, 6.07) is 9.06. The summed E-state index contributed by atoms with van der Waals surface area (Å²) in [5, 5.41) is 0. The van der Waals surface area contributed by atoms with Gasteiger partial charge in [0.05, 0.1) is 11.4 Å². The van der Waals surface area contributed by atoms with Crippen molar-refractivity contribution in [3.05, 3.63) is 46.3 Å². The molecule has 0 atom stereocenters. The molecule has 1 aromatic heterocycles. The van der Waals surface area contributed by atoms with E-state index in [0.717, 1.165) is 11.3 Å². The Balaban J connectivity index is 2.03. The molecule has 9 heteroatoms. The van der Waals surface area contributed by atoms with Crippen LogP contribution in [-0.4, -0.2) is 21.4 Å². The average Bonchev–Trinajstić information content (AvgIpc) is 2.92. The second-order valence-electron chi connectivity index (χ2n) is 3.85. The van der Waals surface area contributed by atoms with Gasteiger partial charge in [0.1, 0.15) is 9.96 Å². The molecule has 0 saturated carbocycles. The Morgan fingerprint density at radius 2 is 1.86 bits per heavy atom. The maximum absolute atomic E-state index is 11.9. The number of methoxy groups -OCH3 is 1. The first kappa shape index (κ1) is 15.8. The number of hydrazine groups is 1. The molecule has 0 radical (unpaired) electrons. The predicted molar refractivity (Wildman–Crippen MR) is 80.1 cm³/mol. The van der Waals surface area contributed by atoms with E-state index in [9.17, 15) is 13.2 Å². The normalized spacial score (nSPS) is 11.1. The molecule has 2 aromatic rings. The van der Waals surface area contributed by atoms with Gasteiger partial charge in [0.25, 0.3) is 15.9 Å². The summed E-state index contributed by atoms with van der Waals surface area (Å²) < 4.78 is 29.1. The van der Waals surface area contributed by atoms with Crippen LogP contribution >= 0.6 is 22.9 Å². The summed E-state index contributed by atoms with van der Waals surface area (Å²) in [4.78, 5) is 13.8. The molecule has 0 bridgehead atoms. The standard InChI is InChI=1S/C12H11ClN2O4S2/c1-19-9-4-2-8(3-5-9)12(16)14-15-21(17,18)11-7-6-10(13)20-11/h2-7,15H,1H3,(H,14,16). The molecule has 1 aromatic carbocycles. The summed E-state index contributed by atoms with van der Waals surface area (Å²) in [6.07, 6.45) is 0. The lowest BCUT2D eigenvalue weighted by Gasteiger charge is -2.07. The van der Waals surface area contributed by atoms with E-state index in [1.54, 1.807) is 12.1 Å². The Labute approximate surface area is 130 Å². The number of carbonyl (C=O) groups is 1. The third-order valence-corrected chi connectivity index (χ3v) is 5.44. The van der Waals surface area contributed by atoms with Gasteiger partial charge in [-0.2, -0.15) is 0 Å². The van der Waals surface area contributed by atoms with Crippen molar-refractivity contribution in [2.75, 3.05) is 7.11 Å². The minimum absolute atomic E-state index is 0.0162. The van der Waals surface area contributed by atoms with Crippen molar-refractivity contribution >= 4 is 38.9 Å². The monoisotopic (exact) mass is 346 g/mol. The van der Waals surface area contributed by atoms with Crippen LogP contribution in [0.1, 0.15) is 10.4 Å². The lowest BCUT2D eigenvalue weighted by atomic mass is 10.2. The zero-order chi connectivity index (χ0) is 15.5. The molecule has 0 aliphatic carbocycles. The summed E-state index contributed by atoms with van der Waals surface area (Å²) in [5.74, 6) is 0.0178. The highest BCUT2D eigenvalue weighted by atomic mass is 35.5.